The number of unbranched alkanes of at least 4 members (excludes halogenated alkanes) is 2. The summed E-state index contributed by atoms with van der Waals surface area (Å²) in [6, 6.07) is 2.88. The molecule has 174 valence electrons. The number of halogens is 2. The lowest BCUT2D eigenvalue weighted by Crippen LogP contribution is -2.27. The summed E-state index contributed by atoms with van der Waals surface area (Å²) in [5.74, 6) is 1.06. The minimum Gasteiger partial charge on any atom is -0.490 e. The van der Waals surface area contributed by atoms with Gasteiger partial charge in [-0.15, -0.1) is 0 Å². The Hall–Kier alpha value is -1.58. The van der Waals surface area contributed by atoms with Crippen LogP contribution in [0.25, 0.3) is 0 Å². The molecular formula is C27H40F2O2. The van der Waals surface area contributed by atoms with Gasteiger partial charge in [0, 0.05) is 0 Å². The lowest BCUT2D eigenvalue weighted by atomic mass is 9.69. The molecule has 0 bridgehead atoms. The highest BCUT2D eigenvalue weighted by atomic mass is 19.2. The molecule has 1 aromatic carbocycles. The zero-order chi connectivity index (χ0) is 22.1. The first-order chi connectivity index (χ1) is 15.1. The Bertz CT molecular complexity index is 687. The number of hydrogen-bond acceptors (Lipinski definition) is 2. The standard InChI is InChI=1S/C27H40F2O2/c1-3-5-6-7-20-8-12-22(13-9-20)23-14-10-21(11-15-23)19-31-25-17-16-24(30-18-4-2)26(28)27(25)29/h4,16-18,20-23H,3,5-15,19H2,1-2H3. The van der Waals surface area contributed by atoms with Gasteiger partial charge < -0.3 is 9.47 Å². The molecule has 0 heterocycles. The van der Waals surface area contributed by atoms with Crippen LogP contribution in [0.3, 0.4) is 0 Å². The van der Waals surface area contributed by atoms with E-state index in [9.17, 15) is 8.78 Å². The first-order valence-electron chi connectivity index (χ1n) is 12.5. The molecule has 0 atom stereocenters. The molecule has 0 aromatic heterocycles. The second-order valence-electron chi connectivity index (χ2n) is 9.65. The summed E-state index contributed by atoms with van der Waals surface area (Å²) in [7, 11) is 0. The van der Waals surface area contributed by atoms with Gasteiger partial charge in [0.2, 0.25) is 11.6 Å². The third kappa shape index (κ3) is 6.95. The second-order valence-corrected chi connectivity index (χ2v) is 9.65. The molecule has 3 rings (SSSR count). The van der Waals surface area contributed by atoms with Crippen LogP contribution >= 0.6 is 0 Å². The fourth-order valence-corrected chi connectivity index (χ4v) is 5.52. The van der Waals surface area contributed by atoms with Crippen molar-refractivity contribution in [3.63, 3.8) is 0 Å². The van der Waals surface area contributed by atoms with Gasteiger partial charge in [-0.3, -0.25) is 0 Å². The second kappa shape index (κ2) is 12.5. The SMILES string of the molecule is CC=COc1ccc(OCC2CCC(C3CCC(CCCCC)CC3)CC2)c(F)c1F. The zero-order valence-corrected chi connectivity index (χ0v) is 19.4. The van der Waals surface area contributed by atoms with Crippen molar-refractivity contribution in [2.45, 2.75) is 90.9 Å². The van der Waals surface area contributed by atoms with E-state index in [0.717, 1.165) is 30.6 Å². The van der Waals surface area contributed by atoms with Gasteiger partial charge in [-0.05, 0) is 81.3 Å². The van der Waals surface area contributed by atoms with Crippen molar-refractivity contribution in [2.75, 3.05) is 6.61 Å². The van der Waals surface area contributed by atoms with Crippen molar-refractivity contribution in [1.82, 2.24) is 0 Å². The van der Waals surface area contributed by atoms with E-state index in [-0.39, 0.29) is 11.5 Å². The number of allylic oxidation sites excluding steroid dienone is 1. The van der Waals surface area contributed by atoms with Crippen molar-refractivity contribution < 1.29 is 18.3 Å². The molecule has 31 heavy (non-hydrogen) atoms. The van der Waals surface area contributed by atoms with Crippen molar-refractivity contribution in [1.29, 1.82) is 0 Å². The molecule has 0 spiro atoms. The van der Waals surface area contributed by atoms with E-state index in [2.05, 4.69) is 6.92 Å². The molecule has 2 fully saturated rings. The van der Waals surface area contributed by atoms with Gasteiger partial charge in [0.05, 0.1) is 12.9 Å². The van der Waals surface area contributed by atoms with E-state index in [1.165, 1.54) is 82.6 Å². The predicted octanol–water partition coefficient (Wildman–Crippen LogP) is 8.45. The molecule has 4 heteroatoms. The smallest absolute Gasteiger partial charge is 0.205 e. The molecule has 2 aliphatic rings. The van der Waals surface area contributed by atoms with Crippen LogP contribution < -0.4 is 9.47 Å². The fourth-order valence-electron chi connectivity index (χ4n) is 5.52. The maximum absolute atomic E-state index is 14.3. The third-order valence-electron chi connectivity index (χ3n) is 7.48. The van der Waals surface area contributed by atoms with Crippen molar-refractivity contribution in [2.24, 2.45) is 23.7 Å². The van der Waals surface area contributed by atoms with Gasteiger partial charge in [0.25, 0.3) is 0 Å². The summed E-state index contributed by atoms with van der Waals surface area (Å²) >= 11 is 0. The molecule has 0 unspecified atom stereocenters. The van der Waals surface area contributed by atoms with Crippen LogP contribution in [-0.4, -0.2) is 6.61 Å². The molecular weight excluding hydrogens is 394 g/mol. The maximum Gasteiger partial charge on any atom is 0.205 e. The Morgan fingerprint density at radius 3 is 2.03 bits per heavy atom. The van der Waals surface area contributed by atoms with Gasteiger partial charge >= 0.3 is 0 Å². The first kappa shape index (κ1) is 24.1. The highest BCUT2D eigenvalue weighted by Crippen LogP contribution is 2.42. The lowest BCUT2D eigenvalue weighted by molar-refractivity contribution is 0.120. The molecule has 0 amide bonds. The Labute approximate surface area is 187 Å². The van der Waals surface area contributed by atoms with Crippen LogP contribution in [0.1, 0.15) is 90.9 Å². The first-order valence-corrected chi connectivity index (χ1v) is 12.5. The van der Waals surface area contributed by atoms with E-state index >= 15 is 0 Å². The Morgan fingerprint density at radius 1 is 0.839 bits per heavy atom. The van der Waals surface area contributed by atoms with Crippen LogP contribution in [0.5, 0.6) is 11.5 Å². The molecule has 0 N–H and O–H groups in total. The molecule has 0 saturated heterocycles. The summed E-state index contributed by atoms with van der Waals surface area (Å²) in [5.41, 5.74) is 0. The highest BCUT2D eigenvalue weighted by Gasteiger charge is 2.31. The minimum absolute atomic E-state index is 0.0196. The maximum atomic E-state index is 14.3. The van der Waals surface area contributed by atoms with E-state index in [1.54, 1.807) is 13.0 Å². The van der Waals surface area contributed by atoms with Crippen molar-refractivity contribution >= 4 is 0 Å². The monoisotopic (exact) mass is 434 g/mol. The molecule has 1 aromatic rings. The normalized spacial score (nSPS) is 26.8. The van der Waals surface area contributed by atoms with Gasteiger partial charge in [-0.25, -0.2) is 0 Å². The third-order valence-corrected chi connectivity index (χ3v) is 7.48. The Kier molecular flexibility index (Phi) is 9.67. The summed E-state index contributed by atoms with van der Waals surface area (Å²) in [5, 5.41) is 0. The van der Waals surface area contributed by atoms with Crippen LogP contribution in [0.15, 0.2) is 24.5 Å². The quantitative estimate of drug-likeness (QED) is 0.272. The minimum atomic E-state index is -0.996. The number of rotatable bonds is 10. The molecule has 2 nitrogen and oxygen atoms in total. The molecule has 2 saturated carbocycles. The highest BCUT2D eigenvalue weighted by molar-refractivity contribution is 5.35. The summed E-state index contributed by atoms with van der Waals surface area (Å²) in [6.45, 7) is 4.49. The van der Waals surface area contributed by atoms with Crippen LogP contribution in [0.4, 0.5) is 8.78 Å². The topological polar surface area (TPSA) is 18.5 Å². The van der Waals surface area contributed by atoms with Gasteiger partial charge in [-0.1, -0.05) is 51.5 Å². The van der Waals surface area contributed by atoms with E-state index in [4.69, 9.17) is 9.47 Å². The molecule has 2 aliphatic carbocycles. The predicted molar refractivity (Wildman–Crippen MR) is 122 cm³/mol. The summed E-state index contributed by atoms with van der Waals surface area (Å²) in [4.78, 5) is 0. The van der Waals surface area contributed by atoms with Gasteiger partial charge in [0.1, 0.15) is 0 Å². The van der Waals surface area contributed by atoms with E-state index in [0.29, 0.717) is 12.5 Å². The molecule has 0 radical (unpaired) electrons. The fraction of sp³-hybridized carbons (Fsp3) is 0.704. The van der Waals surface area contributed by atoms with Gasteiger partial charge in [-0.2, -0.15) is 8.78 Å². The summed E-state index contributed by atoms with van der Waals surface area (Å²) < 4.78 is 39.1. The number of ether oxygens (including phenoxy) is 2. The summed E-state index contributed by atoms with van der Waals surface area (Å²) in [6.07, 6.45) is 19.0. The number of hydrogen-bond donors (Lipinski definition) is 0. The molecule has 0 aliphatic heterocycles. The number of benzene rings is 1. The van der Waals surface area contributed by atoms with E-state index < -0.39 is 11.6 Å². The van der Waals surface area contributed by atoms with Crippen LogP contribution in [0, 0.1) is 35.3 Å². The Morgan fingerprint density at radius 2 is 1.42 bits per heavy atom. The average molecular weight is 435 g/mol. The zero-order valence-electron chi connectivity index (χ0n) is 19.4. The Balaban J connectivity index is 1.39. The largest absolute Gasteiger partial charge is 0.490 e. The van der Waals surface area contributed by atoms with Gasteiger partial charge in [0.15, 0.2) is 11.5 Å². The van der Waals surface area contributed by atoms with E-state index in [1.807, 2.05) is 0 Å². The van der Waals surface area contributed by atoms with Crippen molar-refractivity contribution in [3.8, 4) is 11.5 Å². The lowest BCUT2D eigenvalue weighted by Gasteiger charge is -2.38. The van der Waals surface area contributed by atoms with Crippen LogP contribution in [0.2, 0.25) is 0 Å². The van der Waals surface area contributed by atoms with Crippen molar-refractivity contribution in [3.05, 3.63) is 36.1 Å². The average Bonchev–Trinajstić information content (AvgIpc) is 2.80. The van der Waals surface area contributed by atoms with Crippen LogP contribution in [-0.2, 0) is 0 Å².